The third-order valence-corrected chi connectivity index (χ3v) is 4.01. The van der Waals surface area contributed by atoms with Crippen LogP contribution >= 0.6 is 0 Å². The van der Waals surface area contributed by atoms with Gasteiger partial charge in [-0.1, -0.05) is 24.3 Å². The summed E-state index contributed by atoms with van der Waals surface area (Å²) in [4.78, 5) is 2.27. The van der Waals surface area contributed by atoms with Crippen LogP contribution in [0.4, 0.5) is 5.82 Å². The van der Waals surface area contributed by atoms with E-state index in [-0.39, 0.29) is 0 Å². The summed E-state index contributed by atoms with van der Waals surface area (Å²) < 4.78 is 0. The Kier molecular flexibility index (Phi) is 3.65. The largest absolute Gasteiger partial charge is 0.355 e. The van der Waals surface area contributed by atoms with Crippen LogP contribution in [0.2, 0.25) is 0 Å². The van der Waals surface area contributed by atoms with Gasteiger partial charge in [-0.25, -0.2) is 0 Å². The minimum Gasteiger partial charge on any atom is -0.355 e. The van der Waals surface area contributed by atoms with Crippen molar-refractivity contribution in [3.63, 3.8) is 0 Å². The zero-order valence-corrected chi connectivity index (χ0v) is 11.8. The van der Waals surface area contributed by atoms with Gasteiger partial charge < -0.3 is 10.6 Å². The van der Waals surface area contributed by atoms with Gasteiger partial charge in [-0.2, -0.15) is 0 Å². The molecule has 2 aromatic rings. The van der Waals surface area contributed by atoms with Gasteiger partial charge in [0.05, 0.1) is 5.69 Å². The van der Waals surface area contributed by atoms with Crippen LogP contribution in [0.25, 0.3) is 11.3 Å². The van der Waals surface area contributed by atoms with Crippen LogP contribution in [0.15, 0.2) is 36.4 Å². The fraction of sp³-hybridized carbons (Fsp3) is 0.375. The molecule has 20 heavy (non-hydrogen) atoms. The molecule has 1 aliphatic rings. The summed E-state index contributed by atoms with van der Waals surface area (Å²) in [6.07, 6.45) is 1.15. The fourth-order valence-electron chi connectivity index (χ4n) is 2.73. The summed E-state index contributed by atoms with van der Waals surface area (Å²) in [5, 5.41) is 8.76. The van der Waals surface area contributed by atoms with Crippen molar-refractivity contribution in [2.75, 3.05) is 24.5 Å². The number of hydrogen-bond acceptors (Lipinski definition) is 4. The van der Waals surface area contributed by atoms with E-state index in [1.54, 1.807) is 0 Å². The lowest BCUT2D eigenvalue weighted by molar-refractivity contribution is 0.602. The maximum absolute atomic E-state index is 5.73. The van der Waals surface area contributed by atoms with Gasteiger partial charge in [0.1, 0.15) is 0 Å². The topological polar surface area (TPSA) is 55.0 Å². The highest BCUT2D eigenvalue weighted by molar-refractivity contribution is 5.63. The van der Waals surface area contributed by atoms with Crippen molar-refractivity contribution < 1.29 is 0 Å². The molecule has 0 bridgehead atoms. The Morgan fingerprint density at radius 1 is 1.20 bits per heavy atom. The van der Waals surface area contributed by atoms with Crippen molar-refractivity contribution in [3.8, 4) is 11.3 Å². The zero-order valence-electron chi connectivity index (χ0n) is 11.8. The summed E-state index contributed by atoms with van der Waals surface area (Å²) >= 11 is 0. The minimum absolute atomic E-state index is 0.591. The number of nitrogens with two attached hydrogens (primary N) is 1. The highest BCUT2D eigenvalue weighted by Gasteiger charge is 2.22. The molecule has 0 aliphatic carbocycles. The number of rotatable bonds is 3. The molecule has 0 spiro atoms. The molecule has 1 aromatic carbocycles. The van der Waals surface area contributed by atoms with Crippen molar-refractivity contribution >= 4 is 5.82 Å². The van der Waals surface area contributed by atoms with Crippen molar-refractivity contribution in [1.29, 1.82) is 0 Å². The van der Waals surface area contributed by atoms with Crippen LogP contribution in [-0.4, -0.2) is 29.8 Å². The first-order chi connectivity index (χ1) is 9.78. The first kappa shape index (κ1) is 13.1. The van der Waals surface area contributed by atoms with E-state index in [2.05, 4.69) is 46.3 Å². The molecule has 1 aliphatic heterocycles. The molecule has 0 saturated carbocycles. The summed E-state index contributed by atoms with van der Waals surface area (Å²) in [6.45, 7) is 4.87. The molecule has 1 unspecified atom stereocenters. The molecule has 4 heteroatoms. The second kappa shape index (κ2) is 5.59. The Morgan fingerprint density at radius 3 is 2.70 bits per heavy atom. The lowest BCUT2D eigenvalue weighted by Gasteiger charge is -2.16. The molecule has 0 radical (unpaired) electrons. The predicted octanol–water partition coefficient (Wildman–Crippen LogP) is 2.24. The van der Waals surface area contributed by atoms with Crippen LogP contribution in [0.1, 0.15) is 12.0 Å². The summed E-state index contributed by atoms with van der Waals surface area (Å²) in [5.74, 6) is 1.55. The second-order valence-electron chi connectivity index (χ2n) is 5.43. The van der Waals surface area contributed by atoms with Crippen LogP contribution in [-0.2, 0) is 0 Å². The monoisotopic (exact) mass is 268 g/mol. The van der Waals surface area contributed by atoms with Crippen molar-refractivity contribution in [2.24, 2.45) is 11.7 Å². The Bertz CT molecular complexity index is 579. The number of anilines is 1. The highest BCUT2D eigenvalue weighted by atomic mass is 15.3. The number of aryl methyl sites for hydroxylation is 1. The van der Waals surface area contributed by atoms with E-state index in [4.69, 9.17) is 5.73 Å². The number of nitrogens with zero attached hydrogens (tertiary/aromatic N) is 3. The highest BCUT2D eigenvalue weighted by Crippen LogP contribution is 2.24. The van der Waals surface area contributed by atoms with Gasteiger partial charge in [0.25, 0.3) is 0 Å². The lowest BCUT2D eigenvalue weighted by atomic mass is 10.1. The van der Waals surface area contributed by atoms with E-state index in [1.165, 1.54) is 5.56 Å². The number of hydrogen-bond donors (Lipinski definition) is 1. The molecule has 4 nitrogen and oxygen atoms in total. The molecule has 1 atom stereocenters. The SMILES string of the molecule is Cc1ccccc1-c1ccc(N2CCC(CN)C2)nn1. The van der Waals surface area contributed by atoms with Gasteiger partial charge >= 0.3 is 0 Å². The number of aromatic nitrogens is 2. The summed E-state index contributed by atoms with van der Waals surface area (Å²) in [5.41, 5.74) is 9.03. The van der Waals surface area contributed by atoms with Crippen molar-refractivity contribution in [3.05, 3.63) is 42.0 Å². The first-order valence-electron chi connectivity index (χ1n) is 7.12. The van der Waals surface area contributed by atoms with Crippen molar-refractivity contribution in [2.45, 2.75) is 13.3 Å². The summed E-state index contributed by atoms with van der Waals surface area (Å²) in [7, 11) is 0. The van der Waals surface area contributed by atoms with Gasteiger partial charge in [0, 0.05) is 18.7 Å². The predicted molar refractivity (Wildman–Crippen MR) is 81.6 cm³/mol. The summed E-state index contributed by atoms with van der Waals surface area (Å²) in [6, 6.07) is 12.4. The maximum atomic E-state index is 5.73. The van der Waals surface area contributed by atoms with Gasteiger partial charge in [0.15, 0.2) is 5.82 Å². The molecule has 1 saturated heterocycles. The molecule has 1 aromatic heterocycles. The fourth-order valence-corrected chi connectivity index (χ4v) is 2.73. The molecular weight excluding hydrogens is 248 g/mol. The molecule has 0 amide bonds. The minimum atomic E-state index is 0.591. The van der Waals surface area contributed by atoms with Crippen LogP contribution in [0.3, 0.4) is 0 Å². The average molecular weight is 268 g/mol. The van der Waals surface area contributed by atoms with E-state index >= 15 is 0 Å². The van der Waals surface area contributed by atoms with E-state index < -0.39 is 0 Å². The average Bonchev–Trinajstić information content (AvgIpc) is 2.97. The smallest absolute Gasteiger partial charge is 0.151 e. The third-order valence-electron chi connectivity index (χ3n) is 4.01. The molecular formula is C16H20N4. The zero-order chi connectivity index (χ0) is 13.9. The lowest BCUT2D eigenvalue weighted by Crippen LogP contribution is -2.23. The van der Waals surface area contributed by atoms with Gasteiger partial charge in [0.2, 0.25) is 0 Å². The standard InChI is InChI=1S/C16H20N4/c1-12-4-2-3-5-14(12)15-6-7-16(19-18-15)20-9-8-13(10-17)11-20/h2-7,13H,8-11,17H2,1H3. The Hall–Kier alpha value is -1.94. The van der Waals surface area contributed by atoms with Gasteiger partial charge in [-0.15, -0.1) is 10.2 Å². The normalized spacial score (nSPS) is 18.5. The number of benzene rings is 1. The second-order valence-corrected chi connectivity index (χ2v) is 5.43. The first-order valence-corrected chi connectivity index (χ1v) is 7.12. The molecule has 2 heterocycles. The van der Waals surface area contributed by atoms with E-state index in [1.807, 2.05) is 12.1 Å². The van der Waals surface area contributed by atoms with Crippen LogP contribution in [0, 0.1) is 12.8 Å². The molecule has 104 valence electrons. The van der Waals surface area contributed by atoms with E-state index in [0.717, 1.165) is 43.1 Å². The third kappa shape index (κ3) is 2.51. The molecule has 1 fully saturated rings. The molecule has 3 rings (SSSR count). The van der Waals surface area contributed by atoms with Gasteiger partial charge in [-0.05, 0) is 43.5 Å². The maximum Gasteiger partial charge on any atom is 0.151 e. The Labute approximate surface area is 119 Å². The van der Waals surface area contributed by atoms with E-state index in [9.17, 15) is 0 Å². The Morgan fingerprint density at radius 2 is 2.05 bits per heavy atom. The Balaban J connectivity index is 1.80. The van der Waals surface area contributed by atoms with Crippen LogP contribution in [0.5, 0.6) is 0 Å². The van der Waals surface area contributed by atoms with Gasteiger partial charge in [-0.3, -0.25) is 0 Å². The van der Waals surface area contributed by atoms with Crippen molar-refractivity contribution in [1.82, 2.24) is 10.2 Å². The van der Waals surface area contributed by atoms with Crippen LogP contribution < -0.4 is 10.6 Å². The van der Waals surface area contributed by atoms with E-state index in [0.29, 0.717) is 5.92 Å². The quantitative estimate of drug-likeness (QED) is 0.927. The molecule has 2 N–H and O–H groups in total.